The quantitative estimate of drug-likeness (QED) is 0.441. The summed E-state index contributed by atoms with van der Waals surface area (Å²) in [4.78, 5) is 0. The second-order valence-corrected chi connectivity index (χ2v) is 4.35. The first-order valence-corrected chi connectivity index (χ1v) is 5.59. The number of rotatable bonds is 3. The summed E-state index contributed by atoms with van der Waals surface area (Å²) in [6, 6.07) is 4.24. The van der Waals surface area contributed by atoms with Gasteiger partial charge < -0.3 is 14.9 Å². The van der Waals surface area contributed by atoms with E-state index in [9.17, 15) is 4.57 Å². The lowest BCUT2D eigenvalue weighted by molar-refractivity contribution is 0.409. The minimum Gasteiger partial charge on any atom is -0.508 e. The number of nitrogens with two attached hydrogens (primary N) is 2. The van der Waals surface area contributed by atoms with Crippen molar-refractivity contribution in [2.75, 3.05) is 12.2 Å². The molecule has 0 unspecified atom stereocenters. The Labute approximate surface area is 81.4 Å². The SMILES string of the molecule is COc1cc(O)ccc1NP(N)(N)=O. The van der Waals surface area contributed by atoms with Gasteiger partial charge in [0.2, 0.25) is 0 Å². The van der Waals surface area contributed by atoms with E-state index < -0.39 is 7.59 Å². The van der Waals surface area contributed by atoms with Crippen molar-refractivity contribution in [1.82, 2.24) is 0 Å². The van der Waals surface area contributed by atoms with E-state index in [1.54, 1.807) is 0 Å². The molecule has 7 heteroatoms. The highest BCUT2D eigenvalue weighted by molar-refractivity contribution is 7.60. The summed E-state index contributed by atoms with van der Waals surface area (Å²) in [5, 5.41) is 11.5. The molecule has 0 fully saturated rings. The van der Waals surface area contributed by atoms with Gasteiger partial charge in [0.25, 0.3) is 7.59 Å². The number of anilines is 1. The van der Waals surface area contributed by atoms with E-state index in [0.717, 1.165) is 0 Å². The lowest BCUT2D eigenvalue weighted by Gasteiger charge is -2.13. The Hall–Kier alpha value is -1.23. The second kappa shape index (κ2) is 3.88. The van der Waals surface area contributed by atoms with Crippen LogP contribution in [0.15, 0.2) is 18.2 Å². The fraction of sp³-hybridized carbons (Fsp3) is 0.143. The summed E-state index contributed by atoms with van der Waals surface area (Å²) in [5.41, 5.74) is 10.6. The number of methoxy groups -OCH3 is 1. The van der Waals surface area contributed by atoms with Gasteiger partial charge in [-0.2, -0.15) is 0 Å². The average Bonchev–Trinajstić information content (AvgIpc) is 2.06. The molecule has 0 bridgehead atoms. The van der Waals surface area contributed by atoms with Crippen LogP contribution in [-0.4, -0.2) is 12.2 Å². The summed E-state index contributed by atoms with van der Waals surface area (Å²) in [6.07, 6.45) is 0. The lowest BCUT2D eigenvalue weighted by Crippen LogP contribution is -2.13. The van der Waals surface area contributed by atoms with Crippen LogP contribution in [-0.2, 0) is 4.57 Å². The van der Waals surface area contributed by atoms with Crippen molar-refractivity contribution in [2.24, 2.45) is 11.0 Å². The van der Waals surface area contributed by atoms with E-state index >= 15 is 0 Å². The molecule has 0 aliphatic rings. The van der Waals surface area contributed by atoms with Gasteiger partial charge in [0, 0.05) is 6.07 Å². The molecule has 1 aromatic rings. The third-order valence-corrected chi connectivity index (χ3v) is 2.07. The van der Waals surface area contributed by atoms with E-state index in [1.165, 1.54) is 25.3 Å². The van der Waals surface area contributed by atoms with Gasteiger partial charge in [-0.15, -0.1) is 0 Å². The first kappa shape index (κ1) is 10.8. The van der Waals surface area contributed by atoms with Crippen LogP contribution in [0.2, 0.25) is 0 Å². The fourth-order valence-corrected chi connectivity index (χ4v) is 1.52. The highest BCUT2D eigenvalue weighted by Crippen LogP contribution is 2.35. The molecule has 14 heavy (non-hydrogen) atoms. The maximum atomic E-state index is 11.1. The smallest absolute Gasteiger partial charge is 0.298 e. The van der Waals surface area contributed by atoms with E-state index in [0.29, 0.717) is 11.4 Å². The molecule has 0 spiro atoms. The van der Waals surface area contributed by atoms with E-state index in [2.05, 4.69) is 5.09 Å². The third kappa shape index (κ3) is 2.92. The molecule has 0 atom stereocenters. The van der Waals surface area contributed by atoms with Crippen LogP contribution in [0, 0.1) is 0 Å². The van der Waals surface area contributed by atoms with Crippen LogP contribution in [0.5, 0.6) is 11.5 Å². The maximum Gasteiger partial charge on any atom is 0.298 e. The Bertz CT molecular complexity index is 376. The van der Waals surface area contributed by atoms with Crippen LogP contribution >= 0.6 is 7.59 Å². The minimum absolute atomic E-state index is 0.0382. The van der Waals surface area contributed by atoms with E-state index in [-0.39, 0.29) is 5.75 Å². The Balaban J connectivity index is 3.03. The molecule has 0 heterocycles. The zero-order chi connectivity index (χ0) is 10.8. The van der Waals surface area contributed by atoms with Crippen molar-refractivity contribution < 1.29 is 14.4 Å². The van der Waals surface area contributed by atoms with Gasteiger partial charge in [0.1, 0.15) is 11.5 Å². The van der Waals surface area contributed by atoms with Gasteiger partial charge in [-0.25, -0.2) is 0 Å². The number of ether oxygens (including phenoxy) is 1. The normalized spacial score (nSPS) is 11.1. The van der Waals surface area contributed by atoms with Crippen LogP contribution in [0.4, 0.5) is 5.69 Å². The van der Waals surface area contributed by atoms with E-state index in [4.69, 9.17) is 20.9 Å². The Morgan fingerprint density at radius 1 is 1.50 bits per heavy atom. The number of hydrogen-bond donors (Lipinski definition) is 4. The highest BCUT2D eigenvalue weighted by Gasteiger charge is 2.11. The zero-order valence-electron chi connectivity index (χ0n) is 7.60. The van der Waals surface area contributed by atoms with Gasteiger partial charge in [-0.3, -0.25) is 15.6 Å². The zero-order valence-corrected chi connectivity index (χ0v) is 8.49. The molecule has 1 aromatic carbocycles. The summed E-state index contributed by atoms with van der Waals surface area (Å²) in [7, 11) is -1.94. The van der Waals surface area contributed by atoms with Gasteiger partial charge in [-0.1, -0.05) is 0 Å². The second-order valence-electron chi connectivity index (χ2n) is 2.71. The van der Waals surface area contributed by atoms with Gasteiger partial charge in [0.05, 0.1) is 12.8 Å². The third-order valence-electron chi connectivity index (χ3n) is 1.48. The van der Waals surface area contributed by atoms with Gasteiger partial charge >= 0.3 is 0 Å². The van der Waals surface area contributed by atoms with Crippen LogP contribution in [0.3, 0.4) is 0 Å². The standard InChI is InChI=1S/C7H12N3O3P/c1-13-7-4-5(11)2-3-6(7)10-14(8,9)12/h2-4,11H,1H3,(H5,8,9,10,12). The molecule has 0 amide bonds. The average molecular weight is 217 g/mol. The Morgan fingerprint density at radius 3 is 2.64 bits per heavy atom. The van der Waals surface area contributed by atoms with Gasteiger partial charge in [-0.05, 0) is 12.1 Å². The topological polar surface area (TPSA) is 111 Å². The number of hydrogen-bond acceptors (Lipinski definition) is 3. The number of benzene rings is 1. The number of phenols is 1. The minimum atomic E-state index is -3.35. The predicted molar refractivity (Wildman–Crippen MR) is 54.3 cm³/mol. The molecule has 0 aromatic heterocycles. The highest BCUT2D eigenvalue weighted by atomic mass is 31.2. The largest absolute Gasteiger partial charge is 0.508 e. The van der Waals surface area contributed by atoms with Crippen molar-refractivity contribution in [2.45, 2.75) is 0 Å². The molecule has 0 aliphatic carbocycles. The first-order chi connectivity index (χ1) is 6.42. The molecule has 0 aliphatic heterocycles. The van der Waals surface area contributed by atoms with Crippen LogP contribution < -0.4 is 20.8 Å². The Morgan fingerprint density at radius 2 is 2.14 bits per heavy atom. The van der Waals surface area contributed by atoms with Crippen molar-refractivity contribution in [3.05, 3.63) is 18.2 Å². The van der Waals surface area contributed by atoms with Crippen LogP contribution in [0.25, 0.3) is 0 Å². The fourth-order valence-electron chi connectivity index (χ4n) is 0.961. The Kier molecular flexibility index (Phi) is 3.00. The summed E-state index contributed by atoms with van der Waals surface area (Å²) < 4.78 is 16.0. The molecular formula is C7H12N3O3P. The van der Waals surface area contributed by atoms with E-state index in [1.807, 2.05) is 0 Å². The molecule has 6 nitrogen and oxygen atoms in total. The summed E-state index contributed by atoms with van der Waals surface area (Å²) >= 11 is 0. The molecule has 6 N–H and O–H groups in total. The molecular weight excluding hydrogens is 205 g/mol. The van der Waals surface area contributed by atoms with Crippen molar-refractivity contribution in [1.29, 1.82) is 0 Å². The number of phenolic OH excluding ortho intramolecular Hbond substituents is 1. The predicted octanol–water partition coefficient (Wildman–Crippen LogP) is 0.838. The molecule has 0 saturated heterocycles. The lowest BCUT2D eigenvalue weighted by atomic mass is 10.3. The monoisotopic (exact) mass is 217 g/mol. The molecule has 78 valence electrons. The van der Waals surface area contributed by atoms with Crippen molar-refractivity contribution >= 4 is 13.3 Å². The molecule has 1 rings (SSSR count). The maximum absolute atomic E-state index is 11.1. The first-order valence-electron chi connectivity index (χ1n) is 3.75. The summed E-state index contributed by atoms with van der Waals surface area (Å²) in [6.45, 7) is 0. The van der Waals surface area contributed by atoms with Crippen LogP contribution in [0.1, 0.15) is 0 Å². The number of aromatic hydroxyl groups is 1. The van der Waals surface area contributed by atoms with Gasteiger partial charge in [0.15, 0.2) is 0 Å². The number of nitrogens with one attached hydrogen (secondary N) is 1. The molecule has 0 radical (unpaired) electrons. The van der Waals surface area contributed by atoms with Crippen molar-refractivity contribution in [3.8, 4) is 11.5 Å². The summed E-state index contributed by atoms with van der Waals surface area (Å²) in [5.74, 6) is 0.359. The van der Waals surface area contributed by atoms with Crippen molar-refractivity contribution in [3.63, 3.8) is 0 Å². The molecule has 0 saturated carbocycles.